The average molecular weight is 472 g/mol. The summed E-state index contributed by atoms with van der Waals surface area (Å²) < 4.78 is 18.6. The first-order chi connectivity index (χ1) is 15.4. The van der Waals surface area contributed by atoms with E-state index >= 15 is 0 Å². The van der Waals surface area contributed by atoms with Crippen molar-refractivity contribution in [1.82, 2.24) is 0 Å². The highest BCUT2D eigenvalue weighted by atomic mass is 35.5. The van der Waals surface area contributed by atoms with E-state index < -0.39 is 5.60 Å². The van der Waals surface area contributed by atoms with Crippen LogP contribution in [0.2, 0.25) is 10.0 Å². The van der Waals surface area contributed by atoms with Crippen LogP contribution in [0, 0.1) is 0 Å². The summed E-state index contributed by atoms with van der Waals surface area (Å²) in [7, 11) is 1.70. The number of hydrogen-bond donors (Lipinski definition) is 1. The molecule has 0 radical (unpaired) electrons. The van der Waals surface area contributed by atoms with Crippen LogP contribution in [-0.2, 0) is 22.6 Å². The maximum absolute atomic E-state index is 6.34. The van der Waals surface area contributed by atoms with Crippen LogP contribution >= 0.6 is 23.2 Å². The van der Waals surface area contributed by atoms with E-state index in [-0.39, 0.29) is 12.2 Å². The Balaban J connectivity index is 1.55. The number of rotatable bonds is 7. The predicted octanol–water partition coefficient (Wildman–Crippen LogP) is 7.05. The second-order valence-corrected chi connectivity index (χ2v) is 9.26. The second kappa shape index (κ2) is 9.72. The number of hydrogen-bond acceptors (Lipinski definition) is 4. The molecule has 0 saturated carbocycles. The Kier molecular flexibility index (Phi) is 6.96. The molecule has 0 aromatic heterocycles. The smallest absolute Gasteiger partial charge is 0.132 e. The van der Waals surface area contributed by atoms with Gasteiger partial charge in [0, 0.05) is 35.0 Å². The van der Waals surface area contributed by atoms with Gasteiger partial charge >= 0.3 is 0 Å². The van der Waals surface area contributed by atoms with Gasteiger partial charge in [0.25, 0.3) is 0 Å². The van der Waals surface area contributed by atoms with Crippen LogP contribution in [0.5, 0.6) is 5.75 Å². The standard InChI is InChI=1S/C26H27Cl2NO3/c1-26(2)25(31-16-18-8-4-5-10-22(18)28)24(30-3)21-14-20(11-12-23(21)32-26)29-15-17-7-6-9-19(27)13-17/h4-14,24-25,29H,15-16H2,1-3H3. The van der Waals surface area contributed by atoms with Gasteiger partial charge in [-0.05, 0) is 61.4 Å². The van der Waals surface area contributed by atoms with E-state index in [9.17, 15) is 0 Å². The number of anilines is 1. The monoisotopic (exact) mass is 471 g/mol. The van der Waals surface area contributed by atoms with Gasteiger partial charge in [-0.25, -0.2) is 0 Å². The lowest BCUT2D eigenvalue weighted by Crippen LogP contribution is -2.50. The maximum Gasteiger partial charge on any atom is 0.132 e. The molecule has 0 amide bonds. The Hall–Kier alpha value is -2.24. The van der Waals surface area contributed by atoms with Crippen LogP contribution in [0.3, 0.4) is 0 Å². The van der Waals surface area contributed by atoms with E-state index in [1.54, 1.807) is 7.11 Å². The summed E-state index contributed by atoms with van der Waals surface area (Å²) in [4.78, 5) is 0. The van der Waals surface area contributed by atoms with Gasteiger partial charge < -0.3 is 19.5 Å². The number of benzene rings is 3. The summed E-state index contributed by atoms with van der Waals surface area (Å²) in [5.41, 5.74) is 3.38. The number of nitrogens with one attached hydrogen (secondary N) is 1. The minimum atomic E-state index is -0.579. The van der Waals surface area contributed by atoms with Gasteiger partial charge in [-0.3, -0.25) is 0 Å². The first-order valence-electron chi connectivity index (χ1n) is 10.6. The summed E-state index contributed by atoms with van der Waals surface area (Å²) in [5, 5.41) is 4.87. The number of ether oxygens (including phenoxy) is 3. The zero-order chi connectivity index (χ0) is 22.7. The molecule has 0 fully saturated rings. The largest absolute Gasteiger partial charge is 0.485 e. The van der Waals surface area contributed by atoms with Crippen molar-refractivity contribution in [2.45, 2.75) is 44.8 Å². The number of fused-ring (bicyclic) bond motifs is 1. The Morgan fingerprint density at radius 2 is 1.81 bits per heavy atom. The predicted molar refractivity (Wildman–Crippen MR) is 130 cm³/mol. The topological polar surface area (TPSA) is 39.7 Å². The molecule has 0 aliphatic carbocycles. The molecule has 168 valence electrons. The van der Waals surface area contributed by atoms with Crippen molar-refractivity contribution >= 4 is 28.9 Å². The molecule has 0 bridgehead atoms. The van der Waals surface area contributed by atoms with E-state index in [1.165, 1.54) is 0 Å². The second-order valence-electron chi connectivity index (χ2n) is 8.42. The minimum absolute atomic E-state index is 0.288. The summed E-state index contributed by atoms with van der Waals surface area (Å²) in [6.07, 6.45) is -0.608. The van der Waals surface area contributed by atoms with Gasteiger partial charge in [-0.15, -0.1) is 0 Å². The normalized spacial score (nSPS) is 19.2. The van der Waals surface area contributed by atoms with Crippen LogP contribution in [0.15, 0.2) is 66.7 Å². The molecule has 1 aliphatic heterocycles. The fourth-order valence-corrected chi connectivity index (χ4v) is 4.43. The lowest BCUT2D eigenvalue weighted by Gasteiger charge is -2.44. The van der Waals surface area contributed by atoms with Crippen LogP contribution in [0.4, 0.5) is 5.69 Å². The Morgan fingerprint density at radius 1 is 1.00 bits per heavy atom. The van der Waals surface area contributed by atoms with Crippen LogP contribution in [-0.4, -0.2) is 18.8 Å². The van der Waals surface area contributed by atoms with Crippen molar-refractivity contribution < 1.29 is 14.2 Å². The third-order valence-corrected chi connectivity index (χ3v) is 6.27. The van der Waals surface area contributed by atoms with E-state index in [0.29, 0.717) is 18.2 Å². The highest BCUT2D eigenvalue weighted by molar-refractivity contribution is 6.31. The molecule has 1 aliphatic rings. The molecule has 32 heavy (non-hydrogen) atoms. The minimum Gasteiger partial charge on any atom is -0.485 e. The third kappa shape index (κ3) is 5.05. The highest BCUT2D eigenvalue weighted by Crippen LogP contribution is 2.44. The molecule has 1 heterocycles. The number of methoxy groups -OCH3 is 1. The molecular formula is C26H27Cl2NO3. The molecule has 0 saturated heterocycles. The summed E-state index contributed by atoms with van der Waals surface area (Å²) in [5.74, 6) is 0.799. The molecule has 3 aromatic carbocycles. The molecular weight excluding hydrogens is 445 g/mol. The molecule has 2 unspecified atom stereocenters. The van der Waals surface area contributed by atoms with Crippen LogP contribution in [0.25, 0.3) is 0 Å². The van der Waals surface area contributed by atoms with Gasteiger partial charge in [0.1, 0.15) is 23.6 Å². The lowest BCUT2D eigenvalue weighted by molar-refractivity contribution is -0.159. The van der Waals surface area contributed by atoms with Crippen molar-refractivity contribution in [3.63, 3.8) is 0 Å². The van der Waals surface area contributed by atoms with E-state index in [0.717, 1.165) is 33.1 Å². The van der Waals surface area contributed by atoms with Crippen molar-refractivity contribution in [2.75, 3.05) is 12.4 Å². The van der Waals surface area contributed by atoms with Gasteiger partial charge in [0.15, 0.2) is 0 Å². The Bertz CT molecular complexity index is 1090. The third-order valence-electron chi connectivity index (χ3n) is 5.67. The van der Waals surface area contributed by atoms with Gasteiger partial charge in [-0.1, -0.05) is 53.5 Å². The van der Waals surface area contributed by atoms with Crippen molar-refractivity contribution in [2.24, 2.45) is 0 Å². The maximum atomic E-state index is 6.34. The quantitative estimate of drug-likeness (QED) is 0.400. The molecule has 4 nitrogen and oxygen atoms in total. The highest BCUT2D eigenvalue weighted by Gasteiger charge is 2.45. The Labute approximate surface area is 199 Å². The molecule has 1 N–H and O–H groups in total. The molecule has 2 atom stereocenters. The molecule has 0 spiro atoms. The van der Waals surface area contributed by atoms with Gasteiger partial charge in [0.2, 0.25) is 0 Å². The zero-order valence-corrected chi connectivity index (χ0v) is 19.9. The first kappa shape index (κ1) is 22.9. The first-order valence-corrected chi connectivity index (χ1v) is 11.3. The van der Waals surface area contributed by atoms with Crippen LogP contribution in [0.1, 0.15) is 36.6 Å². The Morgan fingerprint density at radius 3 is 2.56 bits per heavy atom. The van der Waals surface area contributed by atoms with Crippen molar-refractivity contribution in [1.29, 1.82) is 0 Å². The summed E-state index contributed by atoms with van der Waals surface area (Å²) in [6, 6.07) is 21.6. The van der Waals surface area contributed by atoms with Gasteiger partial charge in [0.05, 0.1) is 6.61 Å². The van der Waals surface area contributed by atoms with Gasteiger partial charge in [-0.2, -0.15) is 0 Å². The molecule has 4 rings (SSSR count). The SMILES string of the molecule is COC1c2cc(NCc3cccc(Cl)c3)ccc2OC(C)(C)C1OCc1ccccc1Cl. The van der Waals surface area contributed by atoms with E-state index in [1.807, 2.05) is 74.5 Å². The van der Waals surface area contributed by atoms with Crippen LogP contribution < -0.4 is 10.1 Å². The number of halogens is 2. The average Bonchev–Trinajstić information content (AvgIpc) is 2.76. The zero-order valence-electron chi connectivity index (χ0n) is 18.4. The fraction of sp³-hybridized carbons (Fsp3) is 0.308. The molecule has 3 aromatic rings. The van der Waals surface area contributed by atoms with Crippen molar-refractivity contribution in [3.8, 4) is 5.75 Å². The molecule has 6 heteroatoms. The van der Waals surface area contributed by atoms with E-state index in [4.69, 9.17) is 37.4 Å². The summed E-state index contributed by atoms with van der Waals surface area (Å²) >= 11 is 12.4. The van der Waals surface area contributed by atoms with Crippen molar-refractivity contribution in [3.05, 3.63) is 93.5 Å². The summed E-state index contributed by atoms with van der Waals surface area (Å²) in [6.45, 7) is 5.07. The van der Waals surface area contributed by atoms with E-state index in [2.05, 4.69) is 11.4 Å². The lowest BCUT2D eigenvalue weighted by atomic mass is 9.88. The fourth-order valence-electron chi connectivity index (χ4n) is 4.03.